The van der Waals surface area contributed by atoms with E-state index in [2.05, 4.69) is 4.90 Å². The molecule has 2 heterocycles. The highest BCUT2D eigenvalue weighted by Gasteiger charge is 2.44. The van der Waals surface area contributed by atoms with Crippen LogP contribution in [0.25, 0.3) is 0 Å². The summed E-state index contributed by atoms with van der Waals surface area (Å²) < 4.78 is 5.77. The number of likely N-dealkylation sites (tertiary alicyclic amines) is 2. The number of aliphatic hydroxyl groups excluding tert-OH is 1. The van der Waals surface area contributed by atoms with Gasteiger partial charge in [0.25, 0.3) is 0 Å². The van der Waals surface area contributed by atoms with Crippen molar-refractivity contribution in [3.05, 3.63) is 29.8 Å². The lowest BCUT2D eigenvalue weighted by atomic mass is 9.88. The van der Waals surface area contributed by atoms with Gasteiger partial charge in [0.2, 0.25) is 5.91 Å². The van der Waals surface area contributed by atoms with Gasteiger partial charge >= 0.3 is 0 Å². The van der Waals surface area contributed by atoms with Gasteiger partial charge in [-0.1, -0.05) is 17.7 Å². The number of aryl methyl sites for hydroxylation is 1. The third-order valence-corrected chi connectivity index (χ3v) is 5.72. The van der Waals surface area contributed by atoms with Gasteiger partial charge in [-0.25, -0.2) is 0 Å². The number of carbonyl (C=O) groups is 1. The fraction of sp³-hybridized carbons (Fsp3) is 0.650. The average Bonchev–Trinajstić information content (AvgIpc) is 2.64. The molecule has 0 aliphatic carbocycles. The molecule has 26 heavy (non-hydrogen) atoms. The van der Waals surface area contributed by atoms with Crippen LogP contribution in [0.4, 0.5) is 0 Å². The van der Waals surface area contributed by atoms with Crippen LogP contribution in [-0.4, -0.2) is 76.5 Å². The molecule has 0 radical (unpaired) electrons. The standard InChI is InChI=1S/C20H30N2O4/c1-15-3-5-18(6-4-15)26-14-20(25)13-22(12-9-19(20)24)17-7-10-21(11-8-17)16(2)23/h3-6,17,19,24-25H,7-14H2,1-2H3/t19-,20-/m0/s1. The molecule has 6 heteroatoms. The number of benzene rings is 1. The summed E-state index contributed by atoms with van der Waals surface area (Å²) in [5.41, 5.74) is -0.127. The summed E-state index contributed by atoms with van der Waals surface area (Å²) in [4.78, 5) is 15.6. The second kappa shape index (κ2) is 7.94. The van der Waals surface area contributed by atoms with Crippen molar-refractivity contribution in [2.45, 2.75) is 50.9 Å². The van der Waals surface area contributed by atoms with E-state index in [-0.39, 0.29) is 12.5 Å². The van der Waals surface area contributed by atoms with Crippen molar-refractivity contribution in [2.24, 2.45) is 0 Å². The molecule has 0 unspecified atom stereocenters. The van der Waals surface area contributed by atoms with Crippen LogP contribution in [0.3, 0.4) is 0 Å². The molecule has 2 saturated heterocycles. The Bertz CT molecular complexity index is 613. The average molecular weight is 362 g/mol. The molecule has 0 spiro atoms. The van der Waals surface area contributed by atoms with Gasteiger partial charge in [-0.2, -0.15) is 0 Å². The zero-order chi connectivity index (χ0) is 18.7. The molecule has 0 aromatic heterocycles. The highest BCUT2D eigenvalue weighted by Crippen LogP contribution is 2.28. The minimum Gasteiger partial charge on any atom is -0.490 e. The summed E-state index contributed by atoms with van der Waals surface area (Å²) in [6, 6.07) is 8.02. The van der Waals surface area contributed by atoms with Crippen molar-refractivity contribution in [2.75, 3.05) is 32.8 Å². The summed E-state index contributed by atoms with van der Waals surface area (Å²) in [6.45, 7) is 6.37. The highest BCUT2D eigenvalue weighted by atomic mass is 16.5. The van der Waals surface area contributed by atoms with E-state index in [1.165, 1.54) is 0 Å². The number of amides is 1. The van der Waals surface area contributed by atoms with Crippen molar-refractivity contribution >= 4 is 5.91 Å². The predicted octanol–water partition coefficient (Wildman–Crippen LogP) is 1.18. The molecule has 1 aromatic carbocycles. The Morgan fingerprint density at radius 3 is 2.46 bits per heavy atom. The lowest BCUT2D eigenvalue weighted by Gasteiger charge is -2.47. The van der Waals surface area contributed by atoms with E-state index in [1.807, 2.05) is 36.1 Å². The van der Waals surface area contributed by atoms with Gasteiger partial charge in [0, 0.05) is 39.1 Å². The molecule has 0 bridgehead atoms. The monoisotopic (exact) mass is 362 g/mol. The number of ether oxygens (including phenoxy) is 1. The summed E-state index contributed by atoms with van der Waals surface area (Å²) >= 11 is 0. The fourth-order valence-electron chi connectivity index (χ4n) is 3.94. The Labute approximate surface area is 155 Å². The first-order chi connectivity index (χ1) is 12.4. The Morgan fingerprint density at radius 1 is 1.19 bits per heavy atom. The largest absolute Gasteiger partial charge is 0.490 e. The van der Waals surface area contributed by atoms with Crippen LogP contribution in [0.1, 0.15) is 31.7 Å². The number of nitrogens with zero attached hydrogens (tertiary/aromatic N) is 2. The Hall–Kier alpha value is -1.63. The van der Waals surface area contributed by atoms with Crippen molar-refractivity contribution in [3.63, 3.8) is 0 Å². The minimum absolute atomic E-state index is 0.0695. The number of β-amino-alcohol motifs (C(OH)–C–C–N with tert-alkyl or cyclic N) is 1. The summed E-state index contributed by atoms with van der Waals surface area (Å²) in [7, 11) is 0. The van der Waals surface area contributed by atoms with Crippen LogP contribution in [0.15, 0.2) is 24.3 Å². The van der Waals surface area contributed by atoms with Crippen molar-refractivity contribution in [1.82, 2.24) is 9.80 Å². The Balaban J connectivity index is 1.58. The van der Waals surface area contributed by atoms with Crippen molar-refractivity contribution in [1.29, 1.82) is 0 Å². The first-order valence-corrected chi connectivity index (χ1v) is 9.47. The smallest absolute Gasteiger partial charge is 0.219 e. The highest BCUT2D eigenvalue weighted by molar-refractivity contribution is 5.73. The number of piperidine rings is 2. The number of hydrogen-bond donors (Lipinski definition) is 2. The van der Waals surface area contributed by atoms with E-state index in [0.29, 0.717) is 24.8 Å². The molecule has 2 aliphatic heterocycles. The molecular weight excluding hydrogens is 332 g/mol. The molecule has 3 rings (SSSR count). The molecule has 2 aliphatic rings. The molecule has 0 saturated carbocycles. The van der Waals surface area contributed by atoms with E-state index in [0.717, 1.165) is 38.0 Å². The maximum atomic E-state index is 11.5. The lowest BCUT2D eigenvalue weighted by Crippen LogP contribution is -2.62. The normalized spacial score (nSPS) is 28.2. The van der Waals surface area contributed by atoms with Crippen LogP contribution in [0, 0.1) is 6.92 Å². The van der Waals surface area contributed by atoms with Gasteiger partial charge in [0.05, 0.1) is 6.10 Å². The second-order valence-electron chi connectivity index (χ2n) is 7.72. The molecule has 2 fully saturated rings. The molecule has 1 aromatic rings. The first kappa shape index (κ1) is 19.1. The van der Waals surface area contributed by atoms with Gasteiger partial charge in [-0.3, -0.25) is 9.69 Å². The maximum Gasteiger partial charge on any atom is 0.219 e. The summed E-state index contributed by atoms with van der Waals surface area (Å²) in [5, 5.41) is 21.4. The number of carbonyl (C=O) groups excluding carboxylic acids is 1. The van der Waals surface area contributed by atoms with Crippen molar-refractivity contribution < 1.29 is 19.7 Å². The predicted molar refractivity (Wildman–Crippen MR) is 99.1 cm³/mol. The van der Waals surface area contributed by atoms with Crippen molar-refractivity contribution in [3.8, 4) is 5.75 Å². The maximum absolute atomic E-state index is 11.5. The topological polar surface area (TPSA) is 73.2 Å². The van der Waals surface area contributed by atoms with Gasteiger partial charge in [0.15, 0.2) is 0 Å². The Morgan fingerprint density at radius 2 is 1.85 bits per heavy atom. The quantitative estimate of drug-likeness (QED) is 0.842. The van der Waals surface area contributed by atoms with Crippen LogP contribution >= 0.6 is 0 Å². The van der Waals surface area contributed by atoms with Crippen LogP contribution in [0.2, 0.25) is 0 Å². The van der Waals surface area contributed by atoms with Gasteiger partial charge in [-0.05, 0) is 38.3 Å². The van der Waals surface area contributed by atoms with Crippen LogP contribution < -0.4 is 4.74 Å². The zero-order valence-electron chi connectivity index (χ0n) is 15.7. The van der Waals surface area contributed by atoms with E-state index < -0.39 is 11.7 Å². The van der Waals surface area contributed by atoms with E-state index in [1.54, 1.807) is 6.92 Å². The lowest BCUT2D eigenvalue weighted by molar-refractivity contribution is -0.149. The number of hydrogen-bond acceptors (Lipinski definition) is 5. The summed E-state index contributed by atoms with van der Waals surface area (Å²) in [6.07, 6.45) is 1.55. The SMILES string of the molecule is CC(=O)N1CCC(N2CC[C@H](O)[C@@](O)(COc3ccc(C)cc3)C2)CC1. The van der Waals surface area contributed by atoms with E-state index >= 15 is 0 Å². The molecular formula is C20H30N2O4. The van der Waals surface area contributed by atoms with Gasteiger partial charge in [0.1, 0.15) is 18.0 Å². The molecule has 2 N–H and O–H groups in total. The Kier molecular flexibility index (Phi) is 5.85. The molecule has 144 valence electrons. The number of aliphatic hydroxyl groups is 2. The number of rotatable bonds is 4. The first-order valence-electron chi connectivity index (χ1n) is 9.47. The third kappa shape index (κ3) is 4.37. The second-order valence-corrected chi connectivity index (χ2v) is 7.72. The zero-order valence-corrected chi connectivity index (χ0v) is 15.7. The fourth-order valence-corrected chi connectivity index (χ4v) is 3.94. The van der Waals surface area contributed by atoms with Crippen LogP contribution in [0.5, 0.6) is 5.75 Å². The van der Waals surface area contributed by atoms with Gasteiger partial charge < -0.3 is 19.8 Å². The van der Waals surface area contributed by atoms with Gasteiger partial charge in [-0.15, -0.1) is 0 Å². The third-order valence-electron chi connectivity index (χ3n) is 5.72. The molecule has 2 atom stereocenters. The van der Waals surface area contributed by atoms with Crippen LogP contribution in [-0.2, 0) is 4.79 Å². The molecule has 6 nitrogen and oxygen atoms in total. The minimum atomic E-state index is -1.28. The van der Waals surface area contributed by atoms with E-state index in [4.69, 9.17) is 4.74 Å². The summed E-state index contributed by atoms with van der Waals surface area (Å²) in [5.74, 6) is 0.823. The van der Waals surface area contributed by atoms with E-state index in [9.17, 15) is 15.0 Å². The molecule has 1 amide bonds.